The molecule has 2 rings (SSSR count). The molecule has 0 amide bonds. The Kier molecular flexibility index (Phi) is 3.98. The molecule has 0 bridgehead atoms. The van der Waals surface area contributed by atoms with E-state index in [1.54, 1.807) is 30.3 Å². The molecule has 2 aromatic carbocycles. The van der Waals surface area contributed by atoms with Gasteiger partial charge in [-0.2, -0.15) is 0 Å². The van der Waals surface area contributed by atoms with Crippen molar-refractivity contribution in [3.8, 4) is 0 Å². The van der Waals surface area contributed by atoms with Crippen LogP contribution in [0.15, 0.2) is 56.7 Å². The van der Waals surface area contributed by atoms with Crippen molar-refractivity contribution in [2.75, 3.05) is 0 Å². The molecule has 0 aromatic heterocycles. The summed E-state index contributed by atoms with van der Waals surface area (Å²) in [4.78, 5) is 11.2. The molecule has 0 N–H and O–H groups in total. The minimum atomic E-state index is -0.477. The van der Waals surface area contributed by atoms with E-state index in [9.17, 15) is 14.5 Å². The smallest absolute Gasteiger partial charge is 0.258 e. The van der Waals surface area contributed by atoms with E-state index in [0.717, 1.165) is 11.8 Å². The van der Waals surface area contributed by atoms with Crippen molar-refractivity contribution in [1.29, 1.82) is 0 Å². The summed E-state index contributed by atoms with van der Waals surface area (Å²) in [6, 6.07) is 10.8. The second kappa shape index (κ2) is 5.49. The number of nitrogens with zero attached hydrogens (tertiary/aromatic N) is 1. The monoisotopic (exact) mass is 327 g/mol. The van der Waals surface area contributed by atoms with Gasteiger partial charge < -0.3 is 0 Å². The van der Waals surface area contributed by atoms with E-state index < -0.39 is 10.7 Å². The van der Waals surface area contributed by atoms with Crippen molar-refractivity contribution < 1.29 is 9.31 Å². The van der Waals surface area contributed by atoms with Gasteiger partial charge in [-0.05, 0) is 24.3 Å². The van der Waals surface area contributed by atoms with E-state index in [1.807, 2.05) is 0 Å². The van der Waals surface area contributed by atoms with Crippen molar-refractivity contribution in [3.63, 3.8) is 0 Å². The number of nitro groups is 1. The van der Waals surface area contributed by atoms with Crippen molar-refractivity contribution in [2.24, 2.45) is 0 Å². The molecule has 0 radical (unpaired) electrons. The van der Waals surface area contributed by atoms with Gasteiger partial charge in [0.2, 0.25) is 0 Å². The Morgan fingerprint density at radius 1 is 1.17 bits per heavy atom. The lowest BCUT2D eigenvalue weighted by Gasteiger charge is -2.04. The Morgan fingerprint density at radius 2 is 1.89 bits per heavy atom. The molecule has 2 aromatic rings. The molecule has 6 heteroatoms. The SMILES string of the molecule is O=[N+]([O-])c1ccc(Br)cc1Sc1ccccc1F. The molecule has 0 spiro atoms. The molecule has 92 valence electrons. The quantitative estimate of drug-likeness (QED) is 0.608. The van der Waals surface area contributed by atoms with Gasteiger partial charge in [-0.15, -0.1) is 0 Å². The molecule has 0 aliphatic heterocycles. The standard InChI is InChI=1S/C12H7BrFNO2S/c13-8-5-6-10(15(16)17)12(7-8)18-11-4-2-1-3-9(11)14/h1-7H. The van der Waals surface area contributed by atoms with E-state index in [0.29, 0.717) is 14.3 Å². The summed E-state index contributed by atoms with van der Waals surface area (Å²) in [5.41, 5.74) is -0.0357. The summed E-state index contributed by atoms with van der Waals surface area (Å²) < 4.78 is 14.2. The van der Waals surface area contributed by atoms with E-state index in [1.165, 1.54) is 12.1 Å². The highest BCUT2D eigenvalue weighted by molar-refractivity contribution is 9.10. The van der Waals surface area contributed by atoms with Gasteiger partial charge in [0.05, 0.1) is 9.82 Å². The lowest BCUT2D eigenvalue weighted by molar-refractivity contribution is -0.387. The predicted octanol–water partition coefficient (Wildman–Crippen LogP) is 4.65. The van der Waals surface area contributed by atoms with Crippen LogP contribution in [0.3, 0.4) is 0 Å². The van der Waals surface area contributed by atoms with Crippen molar-refractivity contribution in [2.45, 2.75) is 9.79 Å². The van der Waals surface area contributed by atoms with Crippen LogP contribution in [0, 0.1) is 15.9 Å². The van der Waals surface area contributed by atoms with Gasteiger partial charge in [0.25, 0.3) is 5.69 Å². The van der Waals surface area contributed by atoms with Gasteiger partial charge in [0, 0.05) is 15.4 Å². The molecule has 0 unspecified atom stereocenters. The van der Waals surface area contributed by atoms with E-state index in [2.05, 4.69) is 15.9 Å². The molecule has 0 saturated heterocycles. The zero-order valence-corrected chi connectivity index (χ0v) is 11.4. The van der Waals surface area contributed by atoms with Gasteiger partial charge in [0.1, 0.15) is 5.82 Å². The first-order valence-corrected chi connectivity index (χ1v) is 6.55. The normalized spacial score (nSPS) is 10.3. The Labute approximate surface area is 115 Å². The van der Waals surface area contributed by atoms with Crippen LogP contribution in [0.1, 0.15) is 0 Å². The first-order valence-electron chi connectivity index (χ1n) is 4.94. The van der Waals surface area contributed by atoms with Gasteiger partial charge in [0.15, 0.2) is 0 Å². The van der Waals surface area contributed by atoms with Crippen LogP contribution in [0.5, 0.6) is 0 Å². The summed E-state index contributed by atoms with van der Waals surface area (Å²) in [5.74, 6) is -0.392. The molecule has 0 aliphatic carbocycles. The zero-order valence-electron chi connectivity index (χ0n) is 8.97. The van der Waals surface area contributed by atoms with Gasteiger partial charge >= 0.3 is 0 Å². The number of hydrogen-bond donors (Lipinski definition) is 0. The molecular weight excluding hydrogens is 321 g/mol. The number of rotatable bonds is 3. The van der Waals surface area contributed by atoms with Gasteiger partial charge in [-0.1, -0.05) is 39.8 Å². The molecule has 18 heavy (non-hydrogen) atoms. The Morgan fingerprint density at radius 3 is 2.56 bits per heavy atom. The highest BCUT2D eigenvalue weighted by atomic mass is 79.9. The van der Waals surface area contributed by atoms with Crippen LogP contribution in [0.25, 0.3) is 0 Å². The maximum absolute atomic E-state index is 13.5. The summed E-state index contributed by atoms with van der Waals surface area (Å²) in [5, 5.41) is 10.9. The molecule has 0 atom stereocenters. The second-order valence-corrected chi connectivity index (χ2v) is 5.40. The Hall–Kier alpha value is -1.40. The minimum Gasteiger partial charge on any atom is -0.258 e. The summed E-state index contributed by atoms with van der Waals surface area (Å²) in [6.07, 6.45) is 0. The first-order chi connectivity index (χ1) is 8.58. The molecule has 0 heterocycles. The molecule has 0 fully saturated rings. The lowest BCUT2D eigenvalue weighted by atomic mass is 10.3. The van der Waals surface area contributed by atoms with Crippen LogP contribution in [-0.4, -0.2) is 4.92 Å². The van der Waals surface area contributed by atoms with E-state index in [4.69, 9.17) is 0 Å². The van der Waals surface area contributed by atoms with Gasteiger partial charge in [-0.3, -0.25) is 10.1 Å². The number of benzene rings is 2. The zero-order chi connectivity index (χ0) is 13.1. The third kappa shape index (κ3) is 2.88. The third-order valence-electron chi connectivity index (χ3n) is 2.18. The van der Waals surface area contributed by atoms with Crippen LogP contribution in [-0.2, 0) is 0 Å². The number of halogens is 2. The highest BCUT2D eigenvalue weighted by Crippen LogP contribution is 2.37. The summed E-state index contributed by atoms with van der Waals surface area (Å²) >= 11 is 4.28. The number of nitro benzene ring substituents is 1. The van der Waals surface area contributed by atoms with Crippen LogP contribution in [0.2, 0.25) is 0 Å². The highest BCUT2D eigenvalue weighted by Gasteiger charge is 2.16. The Bertz CT molecular complexity index is 606. The topological polar surface area (TPSA) is 43.1 Å². The maximum Gasteiger partial charge on any atom is 0.283 e. The lowest BCUT2D eigenvalue weighted by Crippen LogP contribution is -1.91. The molecule has 0 aliphatic rings. The van der Waals surface area contributed by atoms with Crippen LogP contribution in [0.4, 0.5) is 10.1 Å². The minimum absolute atomic E-state index is 0.0357. The van der Waals surface area contributed by atoms with Crippen molar-refractivity contribution >= 4 is 33.4 Å². The largest absolute Gasteiger partial charge is 0.283 e. The van der Waals surface area contributed by atoms with Crippen molar-refractivity contribution in [3.05, 3.63) is 62.9 Å². The summed E-state index contributed by atoms with van der Waals surface area (Å²) in [7, 11) is 0. The number of hydrogen-bond acceptors (Lipinski definition) is 3. The summed E-state index contributed by atoms with van der Waals surface area (Å²) in [6.45, 7) is 0. The fraction of sp³-hybridized carbons (Fsp3) is 0. The maximum atomic E-state index is 13.5. The average Bonchev–Trinajstić information content (AvgIpc) is 2.32. The third-order valence-corrected chi connectivity index (χ3v) is 3.77. The molecular formula is C12H7BrFNO2S. The predicted molar refractivity (Wildman–Crippen MR) is 71.3 cm³/mol. The second-order valence-electron chi connectivity index (χ2n) is 3.40. The average molecular weight is 328 g/mol. The first kappa shape index (κ1) is 13.0. The molecule has 0 saturated carbocycles. The van der Waals surface area contributed by atoms with Gasteiger partial charge in [-0.25, -0.2) is 4.39 Å². The van der Waals surface area contributed by atoms with E-state index in [-0.39, 0.29) is 5.69 Å². The Balaban J connectivity index is 2.42. The fourth-order valence-corrected chi connectivity index (χ4v) is 2.86. The molecule has 3 nitrogen and oxygen atoms in total. The van der Waals surface area contributed by atoms with Crippen molar-refractivity contribution in [1.82, 2.24) is 0 Å². The van der Waals surface area contributed by atoms with Crippen LogP contribution < -0.4 is 0 Å². The van der Waals surface area contributed by atoms with Crippen LogP contribution >= 0.6 is 27.7 Å². The van der Waals surface area contributed by atoms with E-state index >= 15 is 0 Å². The fourth-order valence-electron chi connectivity index (χ4n) is 1.37.